The highest BCUT2D eigenvalue weighted by atomic mass is 35.5. The first kappa shape index (κ1) is 12.3. The van der Waals surface area contributed by atoms with E-state index in [1.165, 1.54) is 0 Å². The lowest BCUT2D eigenvalue weighted by molar-refractivity contribution is 0.185. The van der Waals surface area contributed by atoms with Gasteiger partial charge in [-0.2, -0.15) is 0 Å². The van der Waals surface area contributed by atoms with Crippen LogP contribution in [0.25, 0.3) is 0 Å². The van der Waals surface area contributed by atoms with E-state index in [1.807, 2.05) is 25.1 Å². The van der Waals surface area contributed by atoms with E-state index >= 15 is 0 Å². The first-order valence-electron chi connectivity index (χ1n) is 5.22. The minimum absolute atomic E-state index is 0.268. The summed E-state index contributed by atoms with van der Waals surface area (Å²) in [5, 5.41) is 9.80. The highest BCUT2D eigenvalue weighted by Gasteiger charge is 2.03. The average molecular weight is 229 g/mol. The molecule has 2 nitrogen and oxygen atoms in total. The van der Waals surface area contributed by atoms with Crippen molar-refractivity contribution < 1.29 is 9.84 Å². The van der Waals surface area contributed by atoms with Crippen molar-refractivity contribution in [2.45, 2.75) is 32.8 Å². The Morgan fingerprint density at radius 1 is 1.47 bits per heavy atom. The predicted molar refractivity (Wildman–Crippen MR) is 62.6 cm³/mol. The number of benzene rings is 1. The van der Waals surface area contributed by atoms with Crippen LogP contribution < -0.4 is 4.74 Å². The van der Waals surface area contributed by atoms with Gasteiger partial charge in [-0.1, -0.05) is 17.7 Å². The average Bonchev–Trinajstić information content (AvgIpc) is 2.19. The van der Waals surface area contributed by atoms with Crippen LogP contribution in [0.15, 0.2) is 18.2 Å². The molecule has 0 amide bonds. The van der Waals surface area contributed by atoms with Gasteiger partial charge in [0.05, 0.1) is 17.7 Å². The molecule has 0 saturated carbocycles. The van der Waals surface area contributed by atoms with E-state index in [1.54, 1.807) is 6.92 Å². The first-order valence-corrected chi connectivity index (χ1v) is 5.60. The van der Waals surface area contributed by atoms with Crippen LogP contribution in [0.5, 0.6) is 5.75 Å². The second kappa shape index (κ2) is 5.99. The minimum Gasteiger partial charge on any atom is -0.492 e. The van der Waals surface area contributed by atoms with E-state index in [9.17, 15) is 0 Å². The third kappa shape index (κ3) is 4.10. The van der Waals surface area contributed by atoms with Gasteiger partial charge in [0, 0.05) is 0 Å². The van der Waals surface area contributed by atoms with E-state index in [0.29, 0.717) is 11.6 Å². The summed E-state index contributed by atoms with van der Waals surface area (Å²) in [7, 11) is 0. The first-order chi connectivity index (χ1) is 7.13. The molecule has 3 heteroatoms. The molecule has 0 bridgehead atoms. The molecule has 0 radical (unpaired) electrons. The minimum atomic E-state index is -0.268. The number of hydrogen-bond donors (Lipinski definition) is 1. The predicted octanol–water partition coefficient (Wildman–Crippen LogP) is 3.05. The molecule has 0 fully saturated rings. The van der Waals surface area contributed by atoms with Crippen LogP contribution in [0.1, 0.15) is 25.8 Å². The highest BCUT2D eigenvalue weighted by Crippen LogP contribution is 2.25. The zero-order valence-corrected chi connectivity index (χ0v) is 9.92. The lowest BCUT2D eigenvalue weighted by Gasteiger charge is -2.08. The number of halogens is 1. The summed E-state index contributed by atoms with van der Waals surface area (Å²) < 4.78 is 5.34. The molecule has 1 rings (SSSR count). The molecule has 0 aliphatic rings. The van der Waals surface area contributed by atoms with Gasteiger partial charge in [0.15, 0.2) is 0 Å². The second-order valence-corrected chi connectivity index (χ2v) is 3.99. The lowest BCUT2D eigenvalue weighted by Crippen LogP contribution is -2.01. The van der Waals surface area contributed by atoms with E-state index in [4.69, 9.17) is 21.4 Å². The maximum atomic E-state index is 9.16. The van der Waals surface area contributed by atoms with Crippen molar-refractivity contribution in [3.8, 4) is 5.75 Å². The molecule has 1 aromatic carbocycles. The van der Waals surface area contributed by atoms with Gasteiger partial charge in [-0.3, -0.25) is 0 Å². The van der Waals surface area contributed by atoms with Crippen LogP contribution in [-0.4, -0.2) is 17.8 Å². The molecular formula is C12H17ClO2. The third-order valence-electron chi connectivity index (χ3n) is 2.15. The summed E-state index contributed by atoms with van der Waals surface area (Å²) in [4.78, 5) is 0. The number of hydrogen-bond acceptors (Lipinski definition) is 2. The SMILES string of the molecule is CCOc1ccc(CCC(C)O)cc1Cl. The van der Waals surface area contributed by atoms with Gasteiger partial charge >= 0.3 is 0 Å². The van der Waals surface area contributed by atoms with Gasteiger partial charge in [0.2, 0.25) is 0 Å². The molecule has 0 saturated heterocycles. The topological polar surface area (TPSA) is 29.5 Å². The highest BCUT2D eigenvalue weighted by molar-refractivity contribution is 6.32. The quantitative estimate of drug-likeness (QED) is 0.840. The Kier molecular flexibility index (Phi) is 4.92. The zero-order chi connectivity index (χ0) is 11.3. The van der Waals surface area contributed by atoms with Gasteiger partial charge in [-0.25, -0.2) is 0 Å². The second-order valence-electron chi connectivity index (χ2n) is 3.59. The number of rotatable bonds is 5. The van der Waals surface area contributed by atoms with E-state index in [2.05, 4.69) is 0 Å². The van der Waals surface area contributed by atoms with Gasteiger partial charge in [0.25, 0.3) is 0 Å². The Balaban J connectivity index is 2.64. The Morgan fingerprint density at radius 3 is 2.73 bits per heavy atom. The Hall–Kier alpha value is -0.730. The van der Waals surface area contributed by atoms with Gasteiger partial charge < -0.3 is 9.84 Å². The summed E-state index contributed by atoms with van der Waals surface area (Å²) in [6, 6.07) is 5.76. The van der Waals surface area contributed by atoms with Gasteiger partial charge in [-0.15, -0.1) is 0 Å². The fourth-order valence-electron chi connectivity index (χ4n) is 1.35. The lowest BCUT2D eigenvalue weighted by atomic mass is 10.1. The molecule has 0 aromatic heterocycles. The molecule has 1 atom stereocenters. The van der Waals surface area contributed by atoms with Crippen LogP contribution in [0.3, 0.4) is 0 Å². The molecule has 1 aromatic rings. The fraction of sp³-hybridized carbons (Fsp3) is 0.500. The summed E-state index contributed by atoms with van der Waals surface area (Å²) >= 11 is 6.04. The zero-order valence-electron chi connectivity index (χ0n) is 9.16. The van der Waals surface area contributed by atoms with Crippen LogP contribution in [-0.2, 0) is 6.42 Å². The van der Waals surface area contributed by atoms with Crippen molar-refractivity contribution >= 4 is 11.6 Å². The Morgan fingerprint density at radius 2 is 2.20 bits per heavy atom. The van der Waals surface area contributed by atoms with E-state index < -0.39 is 0 Å². The van der Waals surface area contributed by atoms with Crippen molar-refractivity contribution in [3.63, 3.8) is 0 Å². The molecule has 0 aliphatic carbocycles. The van der Waals surface area contributed by atoms with Crippen molar-refractivity contribution in [1.82, 2.24) is 0 Å². The van der Waals surface area contributed by atoms with E-state index in [0.717, 1.165) is 24.2 Å². The molecule has 0 heterocycles. The molecule has 1 N–H and O–H groups in total. The monoisotopic (exact) mass is 228 g/mol. The summed E-state index contributed by atoms with van der Waals surface area (Å²) in [6.07, 6.45) is 1.32. The normalized spacial score (nSPS) is 12.5. The number of aryl methyl sites for hydroxylation is 1. The van der Waals surface area contributed by atoms with Crippen molar-refractivity contribution in [1.29, 1.82) is 0 Å². The number of ether oxygens (including phenoxy) is 1. The van der Waals surface area contributed by atoms with Crippen molar-refractivity contribution in [2.75, 3.05) is 6.61 Å². The Labute approximate surface area is 95.8 Å². The van der Waals surface area contributed by atoms with Crippen LogP contribution in [0.2, 0.25) is 5.02 Å². The van der Waals surface area contributed by atoms with E-state index in [-0.39, 0.29) is 6.10 Å². The number of aliphatic hydroxyl groups is 1. The molecule has 0 aliphatic heterocycles. The van der Waals surface area contributed by atoms with Crippen molar-refractivity contribution in [3.05, 3.63) is 28.8 Å². The van der Waals surface area contributed by atoms with Crippen LogP contribution in [0.4, 0.5) is 0 Å². The molecule has 0 spiro atoms. The summed E-state index contributed by atoms with van der Waals surface area (Å²) in [6.45, 7) is 4.33. The molecular weight excluding hydrogens is 212 g/mol. The Bertz CT molecular complexity index is 310. The standard InChI is InChI=1S/C12H17ClO2/c1-3-15-12-7-6-10(8-11(12)13)5-4-9(2)14/h6-9,14H,3-5H2,1-2H3. The summed E-state index contributed by atoms with van der Waals surface area (Å²) in [5.41, 5.74) is 1.13. The third-order valence-corrected chi connectivity index (χ3v) is 2.44. The number of aliphatic hydroxyl groups excluding tert-OH is 1. The van der Waals surface area contributed by atoms with Crippen LogP contribution in [0, 0.1) is 0 Å². The smallest absolute Gasteiger partial charge is 0.137 e. The molecule has 1 unspecified atom stereocenters. The van der Waals surface area contributed by atoms with Crippen LogP contribution >= 0.6 is 11.6 Å². The van der Waals surface area contributed by atoms with Gasteiger partial charge in [-0.05, 0) is 44.4 Å². The largest absolute Gasteiger partial charge is 0.492 e. The maximum absolute atomic E-state index is 9.16. The fourth-order valence-corrected chi connectivity index (χ4v) is 1.61. The molecule has 84 valence electrons. The van der Waals surface area contributed by atoms with Crippen molar-refractivity contribution in [2.24, 2.45) is 0 Å². The summed E-state index contributed by atoms with van der Waals surface area (Å²) in [5.74, 6) is 0.722. The maximum Gasteiger partial charge on any atom is 0.137 e. The molecule has 15 heavy (non-hydrogen) atoms. The van der Waals surface area contributed by atoms with Gasteiger partial charge in [0.1, 0.15) is 5.75 Å².